The molecule has 0 aromatic carbocycles. The third kappa shape index (κ3) is 2.32. The maximum Gasteiger partial charge on any atom is 0.213 e. The van der Waals surface area contributed by atoms with Crippen molar-refractivity contribution in [2.45, 2.75) is 31.6 Å². The van der Waals surface area contributed by atoms with E-state index in [-0.39, 0.29) is 0 Å². The van der Waals surface area contributed by atoms with Crippen LogP contribution < -0.4 is 10.6 Å². The van der Waals surface area contributed by atoms with Crippen molar-refractivity contribution in [3.05, 3.63) is 23.9 Å². The Hall–Kier alpha value is -1.58. The summed E-state index contributed by atoms with van der Waals surface area (Å²) in [6.07, 6.45) is 4.24. The highest BCUT2D eigenvalue weighted by atomic mass is 16.5. The first kappa shape index (κ1) is 10.9. The summed E-state index contributed by atoms with van der Waals surface area (Å²) in [5.41, 5.74) is 2.18. The summed E-state index contributed by atoms with van der Waals surface area (Å²) in [5, 5.41) is 3.82. The van der Waals surface area contributed by atoms with E-state index in [0.29, 0.717) is 11.8 Å². The molecule has 86 valence electrons. The largest absolute Gasteiger partial charge is 0.481 e. The van der Waals surface area contributed by atoms with Crippen LogP contribution in [0.2, 0.25) is 0 Å². The minimum atomic E-state index is 0.436. The Labute approximate surface area is 95.5 Å². The average Bonchev–Trinajstić information content (AvgIpc) is 2.39. The maximum absolute atomic E-state index is 5.34. The zero-order valence-corrected chi connectivity index (χ0v) is 9.52. The van der Waals surface area contributed by atoms with Gasteiger partial charge >= 0.3 is 0 Å². The summed E-state index contributed by atoms with van der Waals surface area (Å²) in [6.45, 7) is 0. The molecule has 0 spiro atoms. The Morgan fingerprint density at radius 3 is 3.12 bits per heavy atom. The number of hydrogen-bond donors (Lipinski definition) is 1. The first-order valence-electron chi connectivity index (χ1n) is 5.60. The molecule has 0 aliphatic heterocycles. The smallest absolute Gasteiger partial charge is 0.213 e. The molecule has 4 nitrogen and oxygen atoms in total. The van der Waals surface area contributed by atoms with Crippen LogP contribution >= 0.6 is 0 Å². The molecule has 1 heterocycles. The number of nitrogens with zero attached hydrogens (tertiary/aromatic N) is 2. The SMILES string of the molecule is COc1cccc(C2CCCC(=NN)C2)n1. The second kappa shape index (κ2) is 4.96. The topological polar surface area (TPSA) is 60.5 Å². The van der Waals surface area contributed by atoms with E-state index in [4.69, 9.17) is 10.6 Å². The highest BCUT2D eigenvalue weighted by molar-refractivity contribution is 5.85. The van der Waals surface area contributed by atoms with Crippen LogP contribution in [-0.2, 0) is 0 Å². The van der Waals surface area contributed by atoms with E-state index in [1.54, 1.807) is 7.11 Å². The monoisotopic (exact) mass is 219 g/mol. The fourth-order valence-electron chi connectivity index (χ4n) is 2.18. The molecule has 16 heavy (non-hydrogen) atoms. The zero-order chi connectivity index (χ0) is 11.4. The predicted octanol–water partition coefficient (Wildman–Crippen LogP) is 2.06. The van der Waals surface area contributed by atoms with Crippen molar-refractivity contribution in [1.29, 1.82) is 0 Å². The second-order valence-electron chi connectivity index (χ2n) is 4.09. The molecule has 0 saturated heterocycles. The van der Waals surface area contributed by atoms with Gasteiger partial charge in [-0.15, -0.1) is 0 Å². The predicted molar refractivity (Wildman–Crippen MR) is 63.6 cm³/mol. The minimum Gasteiger partial charge on any atom is -0.481 e. The van der Waals surface area contributed by atoms with Gasteiger partial charge in [-0.2, -0.15) is 5.10 Å². The third-order valence-electron chi connectivity index (χ3n) is 3.06. The van der Waals surface area contributed by atoms with E-state index in [0.717, 1.165) is 37.1 Å². The van der Waals surface area contributed by atoms with E-state index < -0.39 is 0 Å². The lowest BCUT2D eigenvalue weighted by Crippen LogP contribution is -2.16. The zero-order valence-electron chi connectivity index (χ0n) is 9.52. The number of methoxy groups -OCH3 is 1. The van der Waals surface area contributed by atoms with Gasteiger partial charge in [0.25, 0.3) is 0 Å². The average molecular weight is 219 g/mol. The molecule has 0 amide bonds. The molecule has 1 fully saturated rings. The number of hydrogen-bond acceptors (Lipinski definition) is 4. The second-order valence-corrected chi connectivity index (χ2v) is 4.09. The Morgan fingerprint density at radius 1 is 1.50 bits per heavy atom. The van der Waals surface area contributed by atoms with Crippen molar-refractivity contribution < 1.29 is 4.74 Å². The van der Waals surface area contributed by atoms with Gasteiger partial charge in [-0.05, 0) is 31.7 Å². The lowest BCUT2D eigenvalue weighted by Gasteiger charge is -2.22. The lowest BCUT2D eigenvalue weighted by atomic mass is 9.85. The van der Waals surface area contributed by atoms with Gasteiger partial charge in [-0.3, -0.25) is 0 Å². The summed E-state index contributed by atoms with van der Waals surface area (Å²) in [4.78, 5) is 4.47. The Morgan fingerprint density at radius 2 is 2.38 bits per heavy atom. The van der Waals surface area contributed by atoms with Gasteiger partial charge in [0, 0.05) is 23.4 Å². The summed E-state index contributed by atoms with van der Waals surface area (Å²) in [6, 6.07) is 5.89. The molecule has 1 aromatic heterocycles. The lowest BCUT2D eigenvalue weighted by molar-refractivity contribution is 0.394. The number of aromatic nitrogens is 1. The third-order valence-corrected chi connectivity index (χ3v) is 3.06. The molecule has 2 N–H and O–H groups in total. The van der Waals surface area contributed by atoms with Crippen LogP contribution in [0.25, 0.3) is 0 Å². The van der Waals surface area contributed by atoms with Gasteiger partial charge in [-0.25, -0.2) is 4.98 Å². The highest BCUT2D eigenvalue weighted by Gasteiger charge is 2.21. The Bertz CT molecular complexity index is 390. The molecule has 1 aromatic rings. The van der Waals surface area contributed by atoms with E-state index in [1.165, 1.54) is 0 Å². The van der Waals surface area contributed by atoms with Crippen molar-refractivity contribution in [3.8, 4) is 5.88 Å². The highest BCUT2D eigenvalue weighted by Crippen LogP contribution is 2.30. The first-order chi connectivity index (χ1) is 7.83. The fraction of sp³-hybridized carbons (Fsp3) is 0.500. The molecular formula is C12H17N3O. The van der Waals surface area contributed by atoms with E-state index in [1.807, 2.05) is 18.2 Å². The molecule has 0 radical (unpaired) electrons. The van der Waals surface area contributed by atoms with Crippen molar-refractivity contribution in [3.63, 3.8) is 0 Å². The molecule has 1 atom stereocenters. The minimum absolute atomic E-state index is 0.436. The van der Waals surface area contributed by atoms with Gasteiger partial charge < -0.3 is 10.6 Å². The van der Waals surface area contributed by atoms with Crippen molar-refractivity contribution >= 4 is 5.71 Å². The first-order valence-corrected chi connectivity index (χ1v) is 5.60. The molecule has 0 bridgehead atoms. The molecule has 1 saturated carbocycles. The van der Waals surface area contributed by atoms with Crippen LogP contribution in [0.5, 0.6) is 5.88 Å². The number of nitrogens with two attached hydrogens (primary N) is 1. The summed E-state index contributed by atoms with van der Waals surface area (Å²) >= 11 is 0. The molecular weight excluding hydrogens is 202 g/mol. The van der Waals surface area contributed by atoms with Crippen LogP contribution in [-0.4, -0.2) is 17.8 Å². The Kier molecular flexibility index (Phi) is 3.39. The van der Waals surface area contributed by atoms with E-state index >= 15 is 0 Å². The van der Waals surface area contributed by atoms with Crippen molar-refractivity contribution in [2.75, 3.05) is 7.11 Å². The molecule has 1 aliphatic carbocycles. The van der Waals surface area contributed by atoms with Gasteiger partial charge in [0.05, 0.1) is 7.11 Å². The van der Waals surface area contributed by atoms with E-state index in [2.05, 4.69) is 10.1 Å². The fourth-order valence-corrected chi connectivity index (χ4v) is 2.18. The molecule has 1 aliphatic rings. The van der Waals surface area contributed by atoms with Crippen molar-refractivity contribution in [1.82, 2.24) is 4.98 Å². The summed E-state index contributed by atoms with van der Waals surface area (Å²) in [5.74, 6) is 6.45. The standard InChI is InChI=1S/C12H17N3O/c1-16-12-7-3-6-11(14-12)9-4-2-5-10(8-9)15-13/h3,6-7,9H,2,4-5,8,13H2,1H3. The number of ether oxygens (including phenoxy) is 1. The Balaban J connectivity index is 2.16. The quantitative estimate of drug-likeness (QED) is 0.611. The van der Waals surface area contributed by atoms with Crippen LogP contribution in [0.15, 0.2) is 23.3 Å². The van der Waals surface area contributed by atoms with Crippen LogP contribution in [0.1, 0.15) is 37.3 Å². The van der Waals surface area contributed by atoms with Gasteiger partial charge in [-0.1, -0.05) is 6.07 Å². The molecule has 4 heteroatoms. The molecule has 2 rings (SSSR count). The van der Waals surface area contributed by atoms with Gasteiger partial charge in [0.1, 0.15) is 0 Å². The van der Waals surface area contributed by atoms with Crippen LogP contribution in [0.4, 0.5) is 0 Å². The van der Waals surface area contributed by atoms with Crippen molar-refractivity contribution in [2.24, 2.45) is 10.9 Å². The number of pyridine rings is 1. The van der Waals surface area contributed by atoms with Gasteiger partial charge in [0.2, 0.25) is 5.88 Å². The summed E-state index contributed by atoms with van der Waals surface area (Å²) < 4.78 is 5.13. The summed E-state index contributed by atoms with van der Waals surface area (Å²) in [7, 11) is 1.64. The molecule has 1 unspecified atom stereocenters. The van der Waals surface area contributed by atoms with E-state index in [9.17, 15) is 0 Å². The normalized spacial score (nSPS) is 23.3. The van der Waals surface area contributed by atoms with Crippen LogP contribution in [0, 0.1) is 0 Å². The van der Waals surface area contributed by atoms with Crippen LogP contribution in [0.3, 0.4) is 0 Å². The van der Waals surface area contributed by atoms with Gasteiger partial charge in [0.15, 0.2) is 0 Å². The maximum atomic E-state index is 5.34. The number of rotatable bonds is 2. The number of hydrazone groups is 1.